The molecule has 0 aliphatic heterocycles. The molecule has 1 N–H and O–H groups in total. The third-order valence-corrected chi connectivity index (χ3v) is 3.62. The third-order valence-electron chi connectivity index (χ3n) is 3.07. The first-order chi connectivity index (χ1) is 9.51. The molecule has 0 saturated heterocycles. The molecule has 0 atom stereocenters. The van der Waals surface area contributed by atoms with Gasteiger partial charge in [-0.2, -0.15) is 10.2 Å². The van der Waals surface area contributed by atoms with Gasteiger partial charge in [0, 0.05) is 12.7 Å². The second-order valence-electron chi connectivity index (χ2n) is 4.58. The number of nitrogens with one attached hydrogen (secondary N) is 1. The molecule has 0 bridgehead atoms. The fourth-order valence-electron chi connectivity index (χ4n) is 1.88. The van der Waals surface area contributed by atoms with Gasteiger partial charge in [0.25, 0.3) is 0 Å². The predicted molar refractivity (Wildman–Crippen MR) is 76.5 cm³/mol. The molecule has 1 amide bonds. The number of hydrogen-bond donors (Lipinski definition) is 1. The minimum Gasteiger partial charge on any atom is -0.349 e. The van der Waals surface area contributed by atoms with E-state index in [1.165, 1.54) is 0 Å². The molecule has 0 fully saturated rings. The lowest BCUT2D eigenvalue weighted by molar-refractivity contribution is -0.122. The number of halogens is 1. The summed E-state index contributed by atoms with van der Waals surface area (Å²) in [5.74, 6) is -0.113. The van der Waals surface area contributed by atoms with Crippen LogP contribution in [0.5, 0.6) is 0 Å². The van der Waals surface area contributed by atoms with E-state index < -0.39 is 0 Å². The van der Waals surface area contributed by atoms with E-state index in [2.05, 4.69) is 15.5 Å². The largest absolute Gasteiger partial charge is 0.349 e. The number of carbonyl (C=O) groups is 1. The van der Waals surface area contributed by atoms with Crippen LogP contribution in [-0.4, -0.2) is 25.5 Å². The normalized spacial score (nSPS) is 10.8. The Hall–Kier alpha value is -1.82. The second kappa shape index (κ2) is 6.09. The fraction of sp³-hybridized carbons (Fsp3) is 0.462. The maximum Gasteiger partial charge on any atom is 0.242 e. The molecule has 0 saturated carbocycles. The van der Waals surface area contributed by atoms with Crippen molar-refractivity contribution in [2.75, 3.05) is 0 Å². The van der Waals surface area contributed by atoms with Crippen LogP contribution < -0.4 is 5.32 Å². The van der Waals surface area contributed by atoms with Crippen LogP contribution in [0.2, 0.25) is 5.02 Å². The Morgan fingerprint density at radius 1 is 1.40 bits per heavy atom. The van der Waals surface area contributed by atoms with Crippen molar-refractivity contribution in [2.24, 2.45) is 0 Å². The number of aryl methyl sites for hydroxylation is 2. The summed E-state index contributed by atoms with van der Waals surface area (Å²) in [4.78, 5) is 11.9. The Labute approximate surface area is 122 Å². The van der Waals surface area contributed by atoms with Gasteiger partial charge in [-0.3, -0.25) is 14.2 Å². The van der Waals surface area contributed by atoms with Gasteiger partial charge in [0.05, 0.1) is 28.6 Å². The van der Waals surface area contributed by atoms with E-state index in [-0.39, 0.29) is 12.5 Å². The zero-order valence-electron chi connectivity index (χ0n) is 11.9. The molecule has 0 unspecified atom stereocenters. The Bertz CT molecular complexity index is 616. The monoisotopic (exact) mass is 295 g/mol. The molecular formula is C13H18ClN5O. The summed E-state index contributed by atoms with van der Waals surface area (Å²) in [6, 6.07) is 1.89. The minimum absolute atomic E-state index is 0.113. The van der Waals surface area contributed by atoms with E-state index in [0.29, 0.717) is 11.6 Å². The molecule has 108 valence electrons. The third kappa shape index (κ3) is 3.19. The van der Waals surface area contributed by atoms with E-state index >= 15 is 0 Å². The van der Waals surface area contributed by atoms with Crippen molar-refractivity contribution in [1.82, 2.24) is 24.9 Å². The van der Waals surface area contributed by atoms with Crippen molar-refractivity contribution in [3.8, 4) is 0 Å². The summed E-state index contributed by atoms with van der Waals surface area (Å²) in [6.07, 6.45) is 1.89. The van der Waals surface area contributed by atoms with Crippen molar-refractivity contribution >= 4 is 17.5 Å². The quantitative estimate of drug-likeness (QED) is 0.913. The summed E-state index contributed by atoms with van der Waals surface area (Å²) >= 11 is 6.05. The van der Waals surface area contributed by atoms with E-state index in [0.717, 1.165) is 23.6 Å². The first-order valence-electron chi connectivity index (χ1n) is 6.49. The molecule has 2 rings (SSSR count). The van der Waals surface area contributed by atoms with Crippen molar-refractivity contribution in [3.63, 3.8) is 0 Å². The van der Waals surface area contributed by atoms with Gasteiger partial charge in [-0.1, -0.05) is 11.6 Å². The van der Waals surface area contributed by atoms with Crippen LogP contribution in [0.25, 0.3) is 0 Å². The van der Waals surface area contributed by atoms with Gasteiger partial charge in [0.15, 0.2) is 0 Å². The zero-order valence-corrected chi connectivity index (χ0v) is 12.6. The average Bonchev–Trinajstić information content (AvgIpc) is 2.98. The highest BCUT2D eigenvalue weighted by Crippen LogP contribution is 2.18. The Kier molecular flexibility index (Phi) is 4.44. The zero-order chi connectivity index (χ0) is 14.7. The van der Waals surface area contributed by atoms with Crippen molar-refractivity contribution in [2.45, 2.75) is 40.4 Å². The number of aromatic nitrogens is 4. The molecule has 20 heavy (non-hydrogen) atoms. The van der Waals surface area contributed by atoms with Gasteiger partial charge in [-0.05, 0) is 26.8 Å². The summed E-state index contributed by atoms with van der Waals surface area (Å²) in [7, 11) is 0. The van der Waals surface area contributed by atoms with Crippen LogP contribution in [0.3, 0.4) is 0 Å². The SMILES string of the molecule is CCn1ccc(CNC(=O)Cn2nc(C)c(Cl)c2C)n1. The van der Waals surface area contributed by atoms with Crippen LogP contribution >= 0.6 is 11.6 Å². The first-order valence-corrected chi connectivity index (χ1v) is 6.87. The lowest BCUT2D eigenvalue weighted by Crippen LogP contribution is -2.28. The van der Waals surface area contributed by atoms with E-state index in [9.17, 15) is 4.79 Å². The molecule has 0 aromatic carbocycles. The van der Waals surface area contributed by atoms with Crippen molar-refractivity contribution in [3.05, 3.63) is 34.4 Å². The van der Waals surface area contributed by atoms with Gasteiger partial charge < -0.3 is 5.32 Å². The van der Waals surface area contributed by atoms with Crippen LogP contribution in [-0.2, 0) is 24.4 Å². The predicted octanol–water partition coefficient (Wildman–Crippen LogP) is 1.69. The molecule has 2 aromatic rings. The Balaban J connectivity index is 1.90. The average molecular weight is 296 g/mol. The highest BCUT2D eigenvalue weighted by atomic mass is 35.5. The molecule has 0 aliphatic carbocycles. The molecule has 2 aromatic heterocycles. The number of rotatable bonds is 5. The first kappa shape index (κ1) is 14.6. The topological polar surface area (TPSA) is 64.7 Å². The molecular weight excluding hydrogens is 278 g/mol. The number of carbonyl (C=O) groups excluding carboxylic acids is 1. The van der Waals surface area contributed by atoms with E-state index in [4.69, 9.17) is 11.6 Å². The molecule has 0 radical (unpaired) electrons. The standard InChI is InChI=1S/C13H18ClN5O/c1-4-18-6-5-11(17-18)7-15-12(20)8-19-10(3)13(14)9(2)16-19/h5-6H,4,7-8H2,1-3H3,(H,15,20). The van der Waals surface area contributed by atoms with E-state index in [1.807, 2.05) is 37.7 Å². The van der Waals surface area contributed by atoms with Gasteiger partial charge >= 0.3 is 0 Å². The second-order valence-corrected chi connectivity index (χ2v) is 4.96. The number of amides is 1. The van der Waals surface area contributed by atoms with E-state index in [1.54, 1.807) is 4.68 Å². The van der Waals surface area contributed by atoms with Crippen LogP contribution in [0.4, 0.5) is 0 Å². The molecule has 6 nitrogen and oxygen atoms in total. The van der Waals surface area contributed by atoms with Gasteiger partial charge in [0.2, 0.25) is 5.91 Å². The molecule has 2 heterocycles. The number of hydrogen-bond acceptors (Lipinski definition) is 3. The molecule has 0 aliphatic rings. The lowest BCUT2D eigenvalue weighted by atomic mass is 10.4. The van der Waals surface area contributed by atoms with Crippen LogP contribution in [0.1, 0.15) is 24.0 Å². The Morgan fingerprint density at radius 3 is 2.70 bits per heavy atom. The fourth-order valence-corrected chi connectivity index (χ4v) is 2.02. The minimum atomic E-state index is -0.113. The van der Waals surface area contributed by atoms with Gasteiger partial charge in [-0.25, -0.2) is 0 Å². The van der Waals surface area contributed by atoms with Crippen molar-refractivity contribution in [1.29, 1.82) is 0 Å². The summed E-state index contributed by atoms with van der Waals surface area (Å²) in [5, 5.41) is 12.0. The maximum absolute atomic E-state index is 11.9. The Morgan fingerprint density at radius 2 is 2.15 bits per heavy atom. The van der Waals surface area contributed by atoms with Crippen molar-refractivity contribution < 1.29 is 4.79 Å². The lowest BCUT2D eigenvalue weighted by Gasteiger charge is -2.05. The van der Waals surface area contributed by atoms with Gasteiger partial charge in [0.1, 0.15) is 6.54 Å². The summed E-state index contributed by atoms with van der Waals surface area (Å²) < 4.78 is 3.43. The van der Waals surface area contributed by atoms with Gasteiger partial charge in [-0.15, -0.1) is 0 Å². The summed E-state index contributed by atoms with van der Waals surface area (Å²) in [6.45, 7) is 7.08. The van der Waals surface area contributed by atoms with Crippen LogP contribution in [0, 0.1) is 13.8 Å². The smallest absolute Gasteiger partial charge is 0.242 e. The summed E-state index contributed by atoms with van der Waals surface area (Å²) in [5.41, 5.74) is 2.37. The molecule has 0 spiro atoms. The van der Waals surface area contributed by atoms with Crippen LogP contribution in [0.15, 0.2) is 12.3 Å². The highest BCUT2D eigenvalue weighted by Gasteiger charge is 2.12. The maximum atomic E-state index is 11.9. The molecule has 7 heteroatoms. The highest BCUT2D eigenvalue weighted by molar-refractivity contribution is 6.31. The number of nitrogens with zero attached hydrogens (tertiary/aromatic N) is 4.